The van der Waals surface area contributed by atoms with Crippen molar-refractivity contribution in [2.75, 3.05) is 6.54 Å². The molecule has 1 amide bonds. The number of hydrogen-bond acceptors (Lipinski definition) is 2. The summed E-state index contributed by atoms with van der Waals surface area (Å²) in [5, 5.41) is 11.8. The molecule has 0 aromatic heterocycles. The van der Waals surface area contributed by atoms with Gasteiger partial charge in [-0.2, -0.15) is 0 Å². The molecule has 0 saturated heterocycles. The van der Waals surface area contributed by atoms with Gasteiger partial charge >= 0.3 is 0 Å². The van der Waals surface area contributed by atoms with Gasteiger partial charge in [-0.05, 0) is 44.0 Å². The topological polar surface area (TPSA) is 49.3 Å². The lowest BCUT2D eigenvalue weighted by Gasteiger charge is -2.07. The van der Waals surface area contributed by atoms with E-state index >= 15 is 0 Å². The van der Waals surface area contributed by atoms with Gasteiger partial charge in [-0.3, -0.25) is 4.79 Å². The largest absolute Gasteiger partial charge is 0.393 e. The predicted octanol–water partition coefficient (Wildman–Crippen LogP) is 2.26. The highest BCUT2D eigenvalue weighted by Gasteiger charge is 2.06. The molecule has 0 bridgehead atoms. The van der Waals surface area contributed by atoms with Crippen molar-refractivity contribution in [1.29, 1.82) is 0 Å². The highest BCUT2D eigenvalue weighted by atomic mass is 79.9. The van der Waals surface area contributed by atoms with Crippen LogP contribution in [0.3, 0.4) is 0 Å². The van der Waals surface area contributed by atoms with E-state index in [2.05, 4.69) is 21.2 Å². The van der Waals surface area contributed by atoms with Crippen LogP contribution in [-0.2, 0) is 0 Å². The van der Waals surface area contributed by atoms with Gasteiger partial charge in [0.15, 0.2) is 0 Å². The summed E-state index contributed by atoms with van der Waals surface area (Å²) in [6, 6.07) is 5.47. The number of nitrogens with one attached hydrogen (secondary N) is 1. The van der Waals surface area contributed by atoms with E-state index in [0.717, 1.165) is 10.0 Å². The lowest BCUT2D eigenvalue weighted by molar-refractivity contribution is 0.0945. The number of hydrogen-bond donors (Lipinski definition) is 2. The molecule has 0 saturated carbocycles. The summed E-state index contributed by atoms with van der Waals surface area (Å²) < 4.78 is 0.994. The first-order chi connectivity index (χ1) is 7.50. The Kier molecular flexibility index (Phi) is 4.96. The van der Waals surface area contributed by atoms with Crippen LogP contribution < -0.4 is 5.32 Å². The molecule has 16 heavy (non-hydrogen) atoms. The molecule has 0 aliphatic rings. The number of aliphatic hydroxyl groups is 1. The first-order valence-corrected chi connectivity index (χ1v) is 6.02. The summed E-state index contributed by atoms with van der Waals surface area (Å²) in [7, 11) is 0. The zero-order chi connectivity index (χ0) is 12.1. The lowest BCUT2D eigenvalue weighted by Crippen LogP contribution is -2.26. The van der Waals surface area contributed by atoms with Crippen LogP contribution in [0.25, 0.3) is 0 Å². The maximum atomic E-state index is 11.7. The van der Waals surface area contributed by atoms with Crippen molar-refractivity contribution in [3.05, 3.63) is 33.8 Å². The Morgan fingerprint density at radius 2 is 2.25 bits per heavy atom. The summed E-state index contributed by atoms with van der Waals surface area (Å²) in [5.74, 6) is -0.101. The van der Waals surface area contributed by atoms with Gasteiger partial charge in [0.25, 0.3) is 5.91 Å². The molecule has 0 aliphatic carbocycles. The molecular weight excluding hydrogens is 270 g/mol. The van der Waals surface area contributed by atoms with Crippen LogP contribution in [0.5, 0.6) is 0 Å². The third kappa shape index (κ3) is 3.94. The van der Waals surface area contributed by atoms with Gasteiger partial charge in [0.05, 0.1) is 6.10 Å². The molecule has 0 aliphatic heterocycles. The van der Waals surface area contributed by atoms with Crippen molar-refractivity contribution in [2.24, 2.45) is 0 Å². The summed E-state index contributed by atoms with van der Waals surface area (Å²) in [6.45, 7) is 4.14. The fourth-order valence-electron chi connectivity index (χ4n) is 1.28. The number of carbonyl (C=O) groups is 1. The number of carbonyl (C=O) groups excluding carboxylic acids is 1. The molecule has 0 spiro atoms. The second kappa shape index (κ2) is 6.01. The van der Waals surface area contributed by atoms with Gasteiger partial charge in [-0.25, -0.2) is 0 Å². The van der Waals surface area contributed by atoms with E-state index in [0.29, 0.717) is 18.5 Å². The summed E-state index contributed by atoms with van der Waals surface area (Å²) >= 11 is 3.39. The second-order valence-electron chi connectivity index (χ2n) is 3.86. The SMILES string of the molecule is Cc1cc(C(=O)NCCC(C)O)ccc1Br. The first-order valence-electron chi connectivity index (χ1n) is 5.23. The average Bonchev–Trinajstić information content (AvgIpc) is 2.21. The van der Waals surface area contributed by atoms with Crippen molar-refractivity contribution in [3.63, 3.8) is 0 Å². The van der Waals surface area contributed by atoms with Crippen molar-refractivity contribution in [2.45, 2.75) is 26.4 Å². The highest BCUT2D eigenvalue weighted by molar-refractivity contribution is 9.10. The number of rotatable bonds is 4. The van der Waals surface area contributed by atoms with Crippen LogP contribution in [0.15, 0.2) is 22.7 Å². The Labute approximate surface area is 104 Å². The minimum Gasteiger partial charge on any atom is -0.393 e. The molecule has 4 heteroatoms. The van der Waals surface area contributed by atoms with Gasteiger partial charge in [0, 0.05) is 16.6 Å². The highest BCUT2D eigenvalue weighted by Crippen LogP contribution is 2.16. The Balaban J connectivity index is 2.56. The molecule has 1 aromatic rings. The monoisotopic (exact) mass is 285 g/mol. The van der Waals surface area contributed by atoms with Crippen molar-refractivity contribution < 1.29 is 9.90 Å². The fraction of sp³-hybridized carbons (Fsp3) is 0.417. The first kappa shape index (κ1) is 13.2. The second-order valence-corrected chi connectivity index (χ2v) is 4.71. The minimum absolute atomic E-state index is 0.101. The fourth-order valence-corrected chi connectivity index (χ4v) is 1.53. The molecule has 2 N–H and O–H groups in total. The molecule has 1 aromatic carbocycles. The van der Waals surface area contributed by atoms with Crippen molar-refractivity contribution in [1.82, 2.24) is 5.32 Å². The minimum atomic E-state index is -0.382. The summed E-state index contributed by atoms with van der Waals surface area (Å²) in [5.41, 5.74) is 1.68. The molecule has 0 radical (unpaired) electrons. The maximum Gasteiger partial charge on any atom is 0.251 e. The molecule has 1 atom stereocenters. The summed E-state index contributed by atoms with van der Waals surface area (Å²) in [4.78, 5) is 11.7. The Hall–Kier alpha value is -0.870. The number of halogens is 1. The molecule has 88 valence electrons. The lowest BCUT2D eigenvalue weighted by atomic mass is 10.1. The normalized spacial score (nSPS) is 12.2. The molecule has 0 fully saturated rings. The van der Waals surface area contributed by atoms with Crippen LogP contribution in [0.1, 0.15) is 29.3 Å². The van der Waals surface area contributed by atoms with Crippen molar-refractivity contribution in [3.8, 4) is 0 Å². The number of amides is 1. The van der Waals surface area contributed by atoms with E-state index in [1.165, 1.54) is 0 Å². The van der Waals surface area contributed by atoms with Crippen LogP contribution >= 0.6 is 15.9 Å². The zero-order valence-electron chi connectivity index (χ0n) is 9.46. The molecular formula is C12H16BrNO2. The standard InChI is InChI=1S/C12H16BrNO2/c1-8-7-10(3-4-11(8)13)12(16)14-6-5-9(2)15/h3-4,7,9,15H,5-6H2,1-2H3,(H,14,16). The van der Waals surface area contributed by atoms with E-state index < -0.39 is 0 Å². The average molecular weight is 286 g/mol. The van der Waals surface area contributed by atoms with Gasteiger partial charge < -0.3 is 10.4 Å². The maximum absolute atomic E-state index is 11.7. The van der Waals surface area contributed by atoms with E-state index in [-0.39, 0.29) is 12.0 Å². The van der Waals surface area contributed by atoms with E-state index in [1.54, 1.807) is 13.0 Å². The zero-order valence-corrected chi connectivity index (χ0v) is 11.0. The van der Waals surface area contributed by atoms with E-state index in [1.807, 2.05) is 19.1 Å². The van der Waals surface area contributed by atoms with Gasteiger partial charge in [-0.1, -0.05) is 15.9 Å². The Bertz CT molecular complexity index is 377. The number of aliphatic hydroxyl groups excluding tert-OH is 1. The molecule has 3 nitrogen and oxygen atoms in total. The Morgan fingerprint density at radius 3 is 2.81 bits per heavy atom. The van der Waals surface area contributed by atoms with Gasteiger partial charge in [0.1, 0.15) is 0 Å². The Morgan fingerprint density at radius 1 is 1.56 bits per heavy atom. The quantitative estimate of drug-likeness (QED) is 0.892. The number of benzene rings is 1. The molecule has 0 heterocycles. The third-order valence-corrected chi connectivity index (χ3v) is 3.16. The third-order valence-electron chi connectivity index (χ3n) is 2.27. The van der Waals surface area contributed by atoms with Gasteiger partial charge in [-0.15, -0.1) is 0 Å². The van der Waals surface area contributed by atoms with Crippen molar-refractivity contribution >= 4 is 21.8 Å². The van der Waals surface area contributed by atoms with Crippen LogP contribution in [0, 0.1) is 6.92 Å². The predicted molar refractivity (Wildman–Crippen MR) is 67.5 cm³/mol. The van der Waals surface area contributed by atoms with E-state index in [9.17, 15) is 4.79 Å². The van der Waals surface area contributed by atoms with Gasteiger partial charge in [0.2, 0.25) is 0 Å². The summed E-state index contributed by atoms with van der Waals surface area (Å²) in [6.07, 6.45) is 0.188. The van der Waals surface area contributed by atoms with Crippen LogP contribution in [0.2, 0.25) is 0 Å². The number of aryl methyl sites for hydroxylation is 1. The smallest absolute Gasteiger partial charge is 0.251 e. The molecule has 1 unspecified atom stereocenters. The van der Waals surface area contributed by atoms with E-state index in [4.69, 9.17) is 5.11 Å². The molecule has 1 rings (SSSR count). The van der Waals surface area contributed by atoms with Crippen LogP contribution in [0.4, 0.5) is 0 Å². The van der Waals surface area contributed by atoms with Crippen LogP contribution in [-0.4, -0.2) is 23.7 Å².